The number of fused-ring (bicyclic) bond motifs is 2. The summed E-state index contributed by atoms with van der Waals surface area (Å²) in [7, 11) is 3.42. The summed E-state index contributed by atoms with van der Waals surface area (Å²) in [5, 5.41) is 7.95. The van der Waals surface area contributed by atoms with Gasteiger partial charge in [-0.25, -0.2) is 4.99 Å². The predicted molar refractivity (Wildman–Crippen MR) is 135 cm³/mol. The van der Waals surface area contributed by atoms with E-state index in [1.165, 1.54) is 0 Å². The number of aliphatic imine (C=N–C) groups is 3. The van der Waals surface area contributed by atoms with Gasteiger partial charge in [0.25, 0.3) is 6.29 Å². The first kappa shape index (κ1) is 24.3. The molecule has 2 aromatic carbocycles. The summed E-state index contributed by atoms with van der Waals surface area (Å²) in [5.41, 5.74) is 24.1. The van der Waals surface area contributed by atoms with Gasteiger partial charge in [0, 0.05) is 26.2 Å². The van der Waals surface area contributed by atoms with Gasteiger partial charge in [0.2, 0.25) is 18.7 Å². The minimum absolute atomic E-state index is 0.0478. The molecule has 0 bridgehead atoms. The minimum atomic E-state index is -0.650. The van der Waals surface area contributed by atoms with Crippen molar-refractivity contribution in [3.05, 3.63) is 42.0 Å². The van der Waals surface area contributed by atoms with Crippen molar-refractivity contribution in [3.8, 4) is 23.0 Å². The monoisotopic (exact) mass is 496 g/mol. The molecule has 0 saturated carbocycles. The van der Waals surface area contributed by atoms with Crippen LogP contribution in [0.1, 0.15) is 5.56 Å². The molecule has 0 spiro atoms. The van der Waals surface area contributed by atoms with E-state index in [-0.39, 0.29) is 37.2 Å². The summed E-state index contributed by atoms with van der Waals surface area (Å²) in [6.45, 7) is 0.712. The van der Waals surface area contributed by atoms with Crippen molar-refractivity contribution in [2.24, 2.45) is 37.9 Å². The van der Waals surface area contributed by atoms with Gasteiger partial charge in [-0.2, -0.15) is 9.98 Å². The standard InChI is InChI=1S/C22H28N10O4/c1-31(21(26)29-19(23)24)9-12-5-3-8-15-17(12)36-16(35-15)10-32(2)22(27)30-20(25)28-13-6-4-7-14-18(13)34-11-33-14/h3-8,16H,9-11H2,1-2H3,(H5,23,24,26,29)(H4,25,27,28,30). The third kappa shape index (κ3) is 5.43. The second-order valence-electron chi connectivity index (χ2n) is 7.96. The van der Waals surface area contributed by atoms with Crippen LogP contribution in [0.25, 0.3) is 0 Å². The van der Waals surface area contributed by atoms with Crippen LogP contribution in [-0.2, 0) is 6.54 Å². The molecule has 1 unspecified atom stereocenters. The lowest BCUT2D eigenvalue weighted by Crippen LogP contribution is -2.42. The summed E-state index contributed by atoms with van der Waals surface area (Å²) in [4.78, 5) is 15.4. The maximum Gasteiger partial charge on any atom is 0.258 e. The first-order chi connectivity index (χ1) is 17.2. The SMILES string of the molecule is CN(Cc1cccc2c1OC(CN(C)C(N)=NC(N)=Nc1cccc3c1OCO3)O2)C(=N)N=C(N)N. The molecule has 0 saturated heterocycles. The molecule has 0 fully saturated rings. The molecular formula is C22H28N10O4. The average Bonchev–Trinajstić information content (AvgIpc) is 3.46. The summed E-state index contributed by atoms with van der Waals surface area (Å²) < 4.78 is 22.7. The maximum atomic E-state index is 7.95. The van der Waals surface area contributed by atoms with Gasteiger partial charge in [-0.15, -0.1) is 0 Å². The highest BCUT2D eigenvalue weighted by molar-refractivity contribution is 5.94. The average molecular weight is 497 g/mol. The van der Waals surface area contributed by atoms with Crippen molar-refractivity contribution in [1.82, 2.24) is 9.80 Å². The number of hydrogen-bond donors (Lipinski definition) is 5. The Labute approximate surface area is 207 Å². The van der Waals surface area contributed by atoms with Crippen molar-refractivity contribution in [2.45, 2.75) is 12.8 Å². The van der Waals surface area contributed by atoms with Crippen LogP contribution in [0, 0.1) is 5.41 Å². The van der Waals surface area contributed by atoms with Crippen LogP contribution in [0.4, 0.5) is 5.69 Å². The molecule has 9 N–H and O–H groups in total. The summed E-state index contributed by atoms with van der Waals surface area (Å²) in [5.74, 6) is 2.04. The quantitative estimate of drug-likeness (QED) is 0.277. The number of likely N-dealkylation sites (N-methyl/N-ethyl adjacent to an activating group) is 1. The van der Waals surface area contributed by atoms with Crippen molar-refractivity contribution < 1.29 is 18.9 Å². The highest BCUT2D eigenvalue weighted by Gasteiger charge is 2.28. The lowest BCUT2D eigenvalue weighted by Gasteiger charge is -2.21. The predicted octanol–water partition coefficient (Wildman–Crippen LogP) is 0.0455. The highest BCUT2D eigenvalue weighted by Crippen LogP contribution is 2.40. The molecule has 0 aromatic heterocycles. The minimum Gasteiger partial charge on any atom is -0.454 e. The van der Waals surface area contributed by atoms with Gasteiger partial charge in [0.1, 0.15) is 5.69 Å². The van der Waals surface area contributed by atoms with E-state index in [0.717, 1.165) is 5.56 Å². The number of rotatable bonds is 5. The Morgan fingerprint density at radius 1 is 0.944 bits per heavy atom. The first-order valence-electron chi connectivity index (χ1n) is 10.8. The normalized spacial score (nSPS) is 16.0. The molecule has 1 atom stereocenters. The molecular weight excluding hydrogens is 468 g/mol. The number of nitrogens with two attached hydrogens (primary N) is 4. The molecule has 2 aliphatic heterocycles. The Morgan fingerprint density at radius 3 is 2.47 bits per heavy atom. The lowest BCUT2D eigenvalue weighted by atomic mass is 10.2. The third-order valence-corrected chi connectivity index (χ3v) is 5.23. The Balaban J connectivity index is 1.39. The fraction of sp³-hybridized carbons (Fsp3) is 0.273. The number of ether oxygens (including phenoxy) is 4. The number of para-hydroxylation sites is 2. The molecule has 0 radical (unpaired) electrons. The van der Waals surface area contributed by atoms with E-state index in [9.17, 15) is 0 Å². The molecule has 0 amide bonds. The van der Waals surface area contributed by atoms with Crippen molar-refractivity contribution in [2.75, 3.05) is 27.4 Å². The maximum absolute atomic E-state index is 7.95. The number of hydrogen-bond acceptors (Lipinski definition) is 6. The molecule has 2 aromatic rings. The van der Waals surface area contributed by atoms with Gasteiger partial charge in [0.15, 0.2) is 34.9 Å². The van der Waals surface area contributed by atoms with E-state index in [4.69, 9.17) is 47.3 Å². The van der Waals surface area contributed by atoms with Crippen molar-refractivity contribution in [1.29, 1.82) is 5.41 Å². The fourth-order valence-electron chi connectivity index (χ4n) is 3.49. The topological polar surface area (TPSA) is 208 Å². The molecule has 4 rings (SSSR count). The molecule has 0 aliphatic carbocycles. The second kappa shape index (κ2) is 10.2. The van der Waals surface area contributed by atoms with Crippen molar-refractivity contribution in [3.63, 3.8) is 0 Å². The van der Waals surface area contributed by atoms with Crippen LogP contribution in [-0.4, -0.2) is 67.4 Å². The van der Waals surface area contributed by atoms with E-state index in [1.807, 2.05) is 12.1 Å². The summed E-state index contributed by atoms with van der Waals surface area (Å²) >= 11 is 0. The van der Waals surface area contributed by atoms with E-state index in [2.05, 4.69) is 15.0 Å². The van der Waals surface area contributed by atoms with E-state index >= 15 is 0 Å². The number of guanidine groups is 4. The van der Waals surface area contributed by atoms with Crippen LogP contribution < -0.4 is 41.9 Å². The second-order valence-corrected chi connectivity index (χ2v) is 7.96. The highest BCUT2D eigenvalue weighted by atomic mass is 16.7. The Bertz CT molecular complexity index is 1240. The van der Waals surface area contributed by atoms with Crippen LogP contribution in [0.15, 0.2) is 51.4 Å². The zero-order chi connectivity index (χ0) is 25.8. The van der Waals surface area contributed by atoms with Gasteiger partial charge in [-0.05, 0) is 18.2 Å². The van der Waals surface area contributed by atoms with Gasteiger partial charge < -0.3 is 51.7 Å². The largest absolute Gasteiger partial charge is 0.454 e. The van der Waals surface area contributed by atoms with Crippen molar-refractivity contribution >= 4 is 29.5 Å². The molecule has 2 aliphatic rings. The fourth-order valence-corrected chi connectivity index (χ4v) is 3.49. The molecule has 190 valence electrons. The zero-order valence-corrected chi connectivity index (χ0v) is 19.8. The van der Waals surface area contributed by atoms with Gasteiger partial charge in [-0.3, -0.25) is 5.41 Å². The molecule has 14 heteroatoms. The van der Waals surface area contributed by atoms with Crippen LogP contribution in [0.3, 0.4) is 0 Å². The molecule has 14 nitrogen and oxygen atoms in total. The Kier molecular flexibility index (Phi) is 6.85. The number of nitrogens with zero attached hydrogens (tertiary/aromatic N) is 5. The molecule has 2 heterocycles. The van der Waals surface area contributed by atoms with Crippen LogP contribution in [0.2, 0.25) is 0 Å². The Hall–Kier alpha value is -4.88. The van der Waals surface area contributed by atoms with E-state index < -0.39 is 6.29 Å². The van der Waals surface area contributed by atoms with E-state index in [1.54, 1.807) is 48.2 Å². The van der Waals surface area contributed by atoms with Crippen LogP contribution >= 0.6 is 0 Å². The first-order valence-corrected chi connectivity index (χ1v) is 10.8. The lowest BCUT2D eigenvalue weighted by molar-refractivity contribution is 0.0341. The summed E-state index contributed by atoms with van der Waals surface area (Å²) in [6, 6.07) is 10.8. The summed E-state index contributed by atoms with van der Waals surface area (Å²) in [6.07, 6.45) is -0.650. The van der Waals surface area contributed by atoms with Gasteiger partial charge in [-0.1, -0.05) is 18.2 Å². The zero-order valence-electron chi connectivity index (χ0n) is 19.8. The third-order valence-electron chi connectivity index (χ3n) is 5.23. The number of nitrogens with one attached hydrogen (secondary N) is 1. The van der Waals surface area contributed by atoms with E-state index in [0.29, 0.717) is 35.2 Å². The molecule has 36 heavy (non-hydrogen) atoms. The van der Waals surface area contributed by atoms with Gasteiger partial charge >= 0.3 is 0 Å². The number of benzene rings is 2. The van der Waals surface area contributed by atoms with Gasteiger partial charge in [0.05, 0.1) is 6.54 Å². The smallest absolute Gasteiger partial charge is 0.258 e. The Morgan fingerprint density at radius 2 is 1.69 bits per heavy atom. The van der Waals surface area contributed by atoms with Crippen LogP contribution in [0.5, 0.6) is 23.0 Å².